The van der Waals surface area contributed by atoms with E-state index in [4.69, 9.17) is 14.2 Å². The van der Waals surface area contributed by atoms with Gasteiger partial charge in [0.15, 0.2) is 0 Å². The fraction of sp³-hybridized carbons (Fsp3) is 0.588. The molecule has 2 heterocycles. The molecule has 240 valence electrons. The molecule has 1 aromatic carbocycles. The summed E-state index contributed by atoms with van der Waals surface area (Å²) in [7, 11) is 0. The largest absolute Gasteiger partial charge is 0.490 e. The van der Waals surface area contributed by atoms with Crippen molar-refractivity contribution < 1.29 is 23.8 Å². The summed E-state index contributed by atoms with van der Waals surface area (Å²) in [6, 6.07) is 11.8. The zero-order valence-electron chi connectivity index (χ0n) is 27.7. The number of hydrogen-bond donors (Lipinski definition) is 2. The van der Waals surface area contributed by atoms with Gasteiger partial charge in [-0.15, -0.1) is 0 Å². The van der Waals surface area contributed by atoms with Gasteiger partial charge in [0, 0.05) is 25.3 Å². The van der Waals surface area contributed by atoms with Crippen LogP contribution in [0.3, 0.4) is 0 Å². The minimum atomic E-state index is -0.698. The maximum atomic E-state index is 12.6. The number of nitrogens with one attached hydrogen (secondary N) is 2. The topological polar surface area (TPSA) is 126 Å². The van der Waals surface area contributed by atoms with Crippen LogP contribution >= 0.6 is 0 Å². The first-order valence-electron chi connectivity index (χ1n) is 15.3. The number of pyridine rings is 1. The lowest BCUT2D eigenvalue weighted by Gasteiger charge is -2.34. The quantitative estimate of drug-likeness (QED) is 0.308. The molecule has 1 aliphatic rings. The molecule has 44 heavy (non-hydrogen) atoms. The lowest BCUT2D eigenvalue weighted by atomic mass is 9.91. The van der Waals surface area contributed by atoms with Gasteiger partial charge in [0.2, 0.25) is 0 Å². The number of anilines is 1. The van der Waals surface area contributed by atoms with Crippen LogP contribution in [0.1, 0.15) is 87.1 Å². The third-order valence-corrected chi connectivity index (χ3v) is 6.90. The summed E-state index contributed by atoms with van der Waals surface area (Å²) in [5.74, 6) is 1.47. The Bertz CT molecular complexity index is 1330. The van der Waals surface area contributed by atoms with Crippen molar-refractivity contribution in [2.75, 3.05) is 25.0 Å². The van der Waals surface area contributed by atoms with E-state index in [-0.39, 0.29) is 18.7 Å². The van der Waals surface area contributed by atoms with Gasteiger partial charge < -0.3 is 29.7 Å². The summed E-state index contributed by atoms with van der Waals surface area (Å²) in [6.07, 6.45) is 3.20. The van der Waals surface area contributed by atoms with Crippen LogP contribution in [0.25, 0.3) is 11.1 Å². The lowest BCUT2D eigenvalue weighted by Crippen LogP contribution is -2.52. The highest BCUT2D eigenvalue weighted by molar-refractivity contribution is 5.70. The van der Waals surface area contributed by atoms with E-state index in [0.29, 0.717) is 36.7 Å². The van der Waals surface area contributed by atoms with Crippen molar-refractivity contribution in [3.05, 3.63) is 42.1 Å². The van der Waals surface area contributed by atoms with Gasteiger partial charge in [0.25, 0.3) is 0 Å². The fourth-order valence-electron chi connectivity index (χ4n) is 5.19. The monoisotopic (exact) mass is 607 g/mol. The number of hydrogen-bond acceptors (Lipinski definition) is 8. The number of alkyl carbamates (subject to hydrolysis) is 1. The van der Waals surface area contributed by atoms with Crippen LogP contribution in [-0.4, -0.2) is 64.5 Å². The molecule has 1 aliphatic heterocycles. The van der Waals surface area contributed by atoms with Gasteiger partial charge in [0.05, 0.1) is 11.1 Å². The first-order valence-corrected chi connectivity index (χ1v) is 15.3. The number of amides is 2. The van der Waals surface area contributed by atoms with Crippen molar-refractivity contribution in [3.8, 4) is 22.9 Å². The summed E-state index contributed by atoms with van der Waals surface area (Å²) in [6.45, 7) is 18.6. The number of aromatic nitrogens is 1. The Kier molecular flexibility index (Phi) is 11.1. The molecule has 0 radical (unpaired) electrons. The van der Waals surface area contributed by atoms with Crippen LogP contribution in [0.15, 0.2) is 36.5 Å². The van der Waals surface area contributed by atoms with E-state index in [0.717, 1.165) is 29.8 Å². The summed E-state index contributed by atoms with van der Waals surface area (Å²) in [5, 5.41) is 16.4. The van der Waals surface area contributed by atoms with Crippen molar-refractivity contribution in [2.45, 2.75) is 104 Å². The minimum Gasteiger partial charge on any atom is -0.490 e. The van der Waals surface area contributed by atoms with Gasteiger partial charge in [-0.05, 0) is 109 Å². The lowest BCUT2D eigenvalue weighted by molar-refractivity contribution is 0.0209. The molecule has 10 heteroatoms. The second kappa shape index (κ2) is 14.2. The highest BCUT2D eigenvalue weighted by atomic mass is 16.6. The molecule has 1 aromatic heterocycles. The van der Waals surface area contributed by atoms with Crippen molar-refractivity contribution >= 4 is 18.0 Å². The molecule has 0 aliphatic carbocycles. The molecule has 3 rings (SSSR count). The summed E-state index contributed by atoms with van der Waals surface area (Å²) >= 11 is 0. The van der Waals surface area contributed by atoms with Crippen LogP contribution in [0.4, 0.5) is 15.4 Å². The third-order valence-electron chi connectivity index (χ3n) is 6.90. The normalized spacial score (nSPS) is 15.6. The second-order valence-electron chi connectivity index (χ2n) is 14.2. The molecule has 1 saturated heterocycles. The predicted octanol–water partition coefficient (Wildman–Crippen LogP) is 7.14. The maximum Gasteiger partial charge on any atom is 0.410 e. The molecule has 10 nitrogen and oxygen atoms in total. The summed E-state index contributed by atoms with van der Waals surface area (Å²) in [5.41, 5.74) is 0.335. The number of piperidine rings is 1. The first-order chi connectivity index (χ1) is 20.4. The zero-order chi connectivity index (χ0) is 32.7. The van der Waals surface area contributed by atoms with E-state index in [2.05, 4.69) is 35.5 Å². The van der Waals surface area contributed by atoms with Gasteiger partial charge in [-0.3, -0.25) is 0 Å². The van der Waals surface area contributed by atoms with Gasteiger partial charge in [-0.2, -0.15) is 5.26 Å². The van der Waals surface area contributed by atoms with E-state index in [1.165, 1.54) is 0 Å². The van der Waals surface area contributed by atoms with Gasteiger partial charge in [0.1, 0.15) is 35.4 Å². The SMILES string of the molecule is CC(C)C[C@@](C)(COc1ccc(-c2ccnc(NC3CCN(C(=O)OC(C)(C)C)CC3)c2)cc1C#N)NC(=O)OC(C)(C)C. The Morgan fingerprint density at radius 2 is 1.64 bits per heavy atom. The number of nitrogens with zero attached hydrogens (tertiary/aromatic N) is 3. The number of ether oxygens (including phenoxy) is 3. The number of benzene rings is 1. The zero-order valence-corrected chi connectivity index (χ0v) is 27.7. The molecule has 1 fully saturated rings. The standard InChI is InChI=1S/C34H49N5O5/c1-23(2)20-34(9,38-30(40)43-32(3,4)5)22-42-28-11-10-24(18-26(28)21-35)25-12-15-36-29(19-25)37-27-13-16-39(17-14-27)31(41)44-33(6,7)8/h10-12,15,18-19,23,27H,13-14,16-17,20,22H2,1-9H3,(H,36,37)(H,38,40)/t34-/m0/s1. The molecule has 0 spiro atoms. The molecule has 2 aromatic rings. The molecule has 2 N–H and O–H groups in total. The average Bonchev–Trinajstić information content (AvgIpc) is 2.90. The third kappa shape index (κ3) is 10.9. The first kappa shape index (κ1) is 34.5. The van der Waals surface area contributed by atoms with E-state index in [9.17, 15) is 14.9 Å². The number of carbonyl (C=O) groups is 2. The molecule has 2 amide bonds. The smallest absolute Gasteiger partial charge is 0.410 e. The molecule has 0 bridgehead atoms. The van der Waals surface area contributed by atoms with Crippen LogP contribution in [-0.2, 0) is 9.47 Å². The number of likely N-dealkylation sites (tertiary alicyclic amines) is 1. The maximum absolute atomic E-state index is 12.6. The molecular formula is C34H49N5O5. The minimum absolute atomic E-state index is 0.175. The Morgan fingerprint density at radius 3 is 2.23 bits per heavy atom. The van der Waals surface area contributed by atoms with Crippen molar-refractivity contribution in [2.24, 2.45) is 5.92 Å². The van der Waals surface area contributed by atoms with Crippen LogP contribution in [0.2, 0.25) is 0 Å². The van der Waals surface area contributed by atoms with E-state index in [1.807, 2.05) is 66.7 Å². The van der Waals surface area contributed by atoms with E-state index < -0.39 is 22.8 Å². The highest BCUT2D eigenvalue weighted by Gasteiger charge is 2.31. The van der Waals surface area contributed by atoms with Crippen LogP contribution in [0.5, 0.6) is 5.75 Å². The van der Waals surface area contributed by atoms with Crippen molar-refractivity contribution in [3.63, 3.8) is 0 Å². The molecule has 1 atom stereocenters. The van der Waals surface area contributed by atoms with Gasteiger partial charge in [-0.25, -0.2) is 14.6 Å². The fourth-order valence-corrected chi connectivity index (χ4v) is 5.19. The Balaban J connectivity index is 1.66. The van der Waals surface area contributed by atoms with E-state index in [1.54, 1.807) is 23.2 Å². The summed E-state index contributed by atoms with van der Waals surface area (Å²) in [4.78, 5) is 31.2. The molecule has 0 unspecified atom stereocenters. The van der Waals surface area contributed by atoms with Gasteiger partial charge in [-0.1, -0.05) is 19.9 Å². The number of nitriles is 1. The number of carbonyl (C=O) groups excluding carboxylic acids is 2. The highest BCUT2D eigenvalue weighted by Crippen LogP contribution is 2.29. The molecular weight excluding hydrogens is 558 g/mol. The molecule has 0 saturated carbocycles. The summed E-state index contributed by atoms with van der Waals surface area (Å²) < 4.78 is 17.1. The number of rotatable bonds is 9. The predicted molar refractivity (Wildman–Crippen MR) is 172 cm³/mol. The van der Waals surface area contributed by atoms with Crippen molar-refractivity contribution in [1.29, 1.82) is 5.26 Å². The Hall–Kier alpha value is -4.00. The van der Waals surface area contributed by atoms with Crippen molar-refractivity contribution in [1.82, 2.24) is 15.2 Å². The Labute approximate surface area is 262 Å². The van der Waals surface area contributed by atoms with E-state index >= 15 is 0 Å². The Morgan fingerprint density at radius 1 is 1.00 bits per heavy atom. The van der Waals surface area contributed by atoms with Gasteiger partial charge >= 0.3 is 12.2 Å². The second-order valence-corrected chi connectivity index (χ2v) is 14.2. The van der Waals surface area contributed by atoms with Crippen LogP contribution < -0.4 is 15.4 Å². The van der Waals surface area contributed by atoms with Crippen LogP contribution in [0, 0.1) is 17.2 Å². The average molecular weight is 608 g/mol.